The minimum Gasteiger partial charge on any atom is -0.398 e. The average Bonchev–Trinajstić information content (AvgIpc) is 2.32. The third kappa shape index (κ3) is 4.48. The number of carbonyl (C=O) groups is 1. The first-order valence-electron chi connectivity index (χ1n) is 5.17. The summed E-state index contributed by atoms with van der Waals surface area (Å²) in [5.74, 6) is 0.817. The van der Waals surface area contributed by atoms with E-state index in [0.29, 0.717) is 6.54 Å². The van der Waals surface area contributed by atoms with Crippen LogP contribution in [0.1, 0.15) is 10.4 Å². The van der Waals surface area contributed by atoms with Crippen molar-refractivity contribution in [2.24, 2.45) is 0 Å². The zero-order chi connectivity index (χ0) is 12.7. The Kier molecular flexibility index (Phi) is 5.56. The molecule has 3 nitrogen and oxygen atoms in total. The van der Waals surface area contributed by atoms with Crippen LogP contribution in [0.15, 0.2) is 30.9 Å². The summed E-state index contributed by atoms with van der Waals surface area (Å²) in [4.78, 5) is 11.7. The van der Waals surface area contributed by atoms with E-state index in [9.17, 15) is 9.18 Å². The Morgan fingerprint density at radius 3 is 3.06 bits per heavy atom. The van der Waals surface area contributed by atoms with Gasteiger partial charge in [-0.1, -0.05) is 6.08 Å². The monoisotopic (exact) mass is 254 g/mol. The average molecular weight is 254 g/mol. The molecule has 1 amide bonds. The van der Waals surface area contributed by atoms with Crippen LogP contribution in [0.5, 0.6) is 0 Å². The van der Waals surface area contributed by atoms with Crippen LogP contribution in [0.4, 0.5) is 10.1 Å². The van der Waals surface area contributed by atoms with Crippen molar-refractivity contribution in [3.63, 3.8) is 0 Å². The van der Waals surface area contributed by atoms with Gasteiger partial charge in [0.2, 0.25) is 0 Å². The Labute approximate surface area is 104 Å². The molecule has 3 N–H and O–H groups in total. The summed E-state index contributed by atoms with van der Waals surface area (Å²) >= 11 is 1.66. The lowest BCUT2D eigenvalue weighted by Crippen LogP contribution is -2.26. The molecule has 0 unspecified atom stereocenters. The molecule has 0 radical (unpaired) electrons. The number of nitrogens with one attached hydrogen (secondary N) is 1. The molecule has 0 fully saturated rings. The number of halogens is 1. The van der Waals surface area contributed by atoms with Crippen molar-refractivity contribution in [3.8, 4) is 0 Å². The van der Waals surface area contributed by atoms with Gasteiger partial charge < -0.3 is 11.1 Å². The lowest BCUT2D eigenvalue weighted by molar-refractivity contribution is 0.0956. The zero-order valence-corrected chi connectivity index (χ0v) is 10.2. The molecule has 0 saturated carbocycles. The topological polar surface area (TPSA) is 55.1 Å². The normalized spacial score (nSPS) is 9.94. The molecule has 0 heterocycles. The molecule has 0 saturated heterocycles. The standard InChI is InChI=1S/C12H15FN2OS/c1-2-6-17-7-5-15-12(16)10-8-9(13)3-4-11(10)14/h2-4,8H,1,5-7,14H2,(H,15,16). The molecule has 0 aliphatic rings. The van der Waals surface area contributed by atoms with Crippen LogP contribution in [0.2, 0.25) is 0 Å². The van der Waals surface area contributed by atoms with Gasteiger partial charge in [-0.15, -0.1) is 6.58 Å². The number of nitrogens with two attached hydrogens (primary N) is 1. The van der Waals surface area contributed by atoms with Crippen LogP contribution in [-0.4, -0.2) is 24.0 Å². The van der Waals surface area contributed by atoms with Crippen molar-refractivity contribution in [2.45, 2.75) is 0 Å². The second kappa shape index (κ2) is 6.96. The maximum absolute atomic E-state index is 12.9. The van der Waals surface area contributed by atoms with Crippen LogP contribution in [0, 0.1) is 5.82 Å². The molecule has 1 rings (SSSR count). The van der Waals surface area contributed by atoms with Crippen LogP contribution in [0.3, 0.4) is 0 Å². The first-order chi connectivity index (χ1) is 8.15. The van der Waals surface area contributed by atoms with Gasteiger partial charge in [-0.3, -0.25) is 4.79 Å². The summed E-state index contributed by atoms with van der Waals surface area (Å²) < 4.78 is 12.9. The van der Waals surface area contributed by atoms with E-state index < -0.39 is 5.82 Å². The quantitative estimate of drug-likeness (QED) is 0.464. The predicted molar refractivity (Wildman–Crippen MR) is 70.7 cm³/mol. The summed E-state index contributed by atoms with van der Waals surface area (Å²) in [6.45, 7) is 4.12. The molecular formula is C12H15FN2OS. The highest BCUT2D eigenvalue weighted by atomic mass is 32.2. The van der Waals surface area contributed by atoms with Gasteiger partial charge in [-0.2, -0.15) is 11.8 Å². The SMILES string of the molecule is C=CCSCCNC(=O)c1cc(F)ccc1N. The maximum Gasteiger partial charge on any atom is 0.253 e. The first-order valence-corrected chi connectivity index (χ1v) is 6.32. The minimum absolute atomic E-state index is 0.179. The highest BCUT2D eigenvalue weighted by Crippen LogP contribution is 2.12. The summed E-state index contributed by atoms with van der Waals surface area (Å²) in [5, 5.41) is 2.69. The van der Waals surface area contributed by atoms with Crippen molar-refractivity contribution in [1.82, 2.24) is 5.32 Å². The smallest absolute Gasteiger partial charge is 0.253 e. The molecule has 1 aromatic carbocycles. The predicted octanol–water partition coefficient (Wildman–Crippen LogP) is 2.06. The number of hydrogen-bond donors (Lipinski definition) is 2. The lowest BCUT2D eigenvalue weighted by Gasteiger charge is -2.07. The number of thioether (sulfide) groups is 1. The Bertz CT molecular complexity index is 409. The number of benzene rings is 1. The molecule has 92 valence electrons. The van der Waals surface area contributed by atoms with Gasteiger partial charge >= 0.3 is 0 Å². The Hall–Kier alpha value is -1.49. The Morgan fingerprint density at radius 2 is 2.35 bits per heavy atom. The Morgan fingerprint density at radius 1 is 1.59 bits per heavy atom. The van der Waals surface area contributed by atoms with Gasteiger partial charge in [0, 0.05) is 23.7 Å². The van der Waals surface area contributed by atoms with Crippen molar-refractivity contribution in [1.29, 1.82) is 0 Å². The molecule has 5 heteroatoms. The van der Waals surface area contributed by atoms with E-state index in [1.54, 1.807) is 17.8 Å². The maximum atomic E-state index is 12.9. The zero-order valence-electron chi connectivity index (χ0n) is 9.41. The summed E-state index contributed by atoms with van der Waals surface area (Å²) in [7, 11) is 0. The van der Waals surface area contributed by atoms with E-state index in [0.717, 1.165) is 17.6 Å². The number of anilines is 1. The fraction of sp³-hybridized carbons (Fsp3) is 0.250. The van der Waals surface area contributed by atoms with Crippen LogP contribution in [0.25, 0.3) is 0 Å². The van der Waals surface area contributed by atoms with Gasteiger partial charge in [0.05, 0.1) is 5.56 Å². The second-order valence-electron chi connectivity index (χ2n) is 3.35. The van der Waals surface area contributed by atoms with E-state index in [2.05, 4.69) is 11.9 Å². The van der Waals surface area contributed by atoms with E-state index in [1.807, 2.05) is 0 Å². The fourth-order valence-electron chi connectivity index (χ4n) is 1.22. The van der Waals surface area contributed by atoms with Crippen molar-refractivity contribution in [2.75, 3.05) is 23.8 Å². The van der Waals surface area contributed by atoms with Gasteiger partial charge in [-0.05, 0) is 18.2 Å². The number of rotatable bonds is 6. The van der Waals surface area contributed by atoms with E-state index in [4.69, 9.17) is 5.73 Å². The van der Waals surface area contributed by atoms with Gasteiger partial charge in [-0.25, -0.2) is 4.39 Å². The molecule has 0 spiro atoms. The summed E-state index contributed by atoms with van der Waals surface area (Å²) in [5.41, 5.74) is 6.06. The molecule has 0 atom stereocenters. The second-order valence-corrected chi connectivity index (χ2v) is 4.50. The highest BCUT2D eigenvalue weighted by Gasteiger charge is 2.09. The third-order valence-corrected chi connectivity index (χ3v) is 2.99. The minimum atomic E-state index is -0.467. The Balaban J connectivity index is 2.46. The largest absolute Gasteiger partial charge is 0.398 e. The summed E-state index contributed by atoms with van der Waals surface area (Å²) in [6, 6.07) is 3.75. The van der Waals surface area contributed by atoms with E-state index in [-0.39, 0.29) is 17.2 Å². The number of nitrogen functional groups attached to an aromatic ring is 1. The third-order valence-electron chi connectivity index (χ3n) is 2.03. The van der Waals surface area contributed by atoms with Gasteiger partial charge in [0.1, 0.15) is 5.82 Å². The van der Waals surface area contributed by atoms with Crippen molar-refractivity contribution >= 4 is 23.4 Å². The van der Waals surface area contributed by atoms with Gasteiger partial charge in [0.25, 0.3) is 5.91 Å². The fourth-order valence-corrected chi connectivity index (χ4v) is 1.80. The van der Waals surface area contributed by atoms with E-state index >= 15 is 0 Å². The van der Waals surface area contributed by atoms with Crippen LogP contribution >= 0.6 is 11.8 Å². The number of carbonyl (C=O) groups excluding carboxylic acids is 1. The first kappa shape index (κ1) is 13.6. The van der Waals surface area contributed by atoms with E-state index in [1.165, 1.54) is 12.1 Å². The molecule has 0 aliphatic carbocycles. The number of hydrogen-bond acceptors (Lipinski definition) is 3. The molecule has 0 bridgehead atoms. The number of amides is 1. The molecular weight excluding hydrogens is 239 g/mol. The van der Waals surface area contributed by atoms with Crippen molar-refractivity contribution in [3.05, 3.63) is 42.2 Å². The molecule has 0 aromatic heterocycles. The van der Waals surface area contributed by atoms with Crippen molar-refractivity contribution < 1.29 is 9.18 Å². The summed E-state index contributed by atoms with van der Waals surface area (Å²) in [6.07, 6.45) is 1.80. The molecule has 1 aromatic rings. The van der Waals surface area contributed by atoms with Gasteiger partial charge in [0.15, 0.2) is 0 Å². The molecule has 17 heavy (non-hydrogen) atoms. The lowest BCUT2D eigenvalue weighted by atomic mass is 10.1. The van der Waals surface area contributed by atoms with Crippen LogP contribution in [-0.2, 0) is 0 Å². The highest BCUT2D eigenvalue weighted by molar-refractivity contribution is 7.99. The molecule has 0 aliphatic heterocycles. The van der Waals surface area contributed by atoms with Crippen LogP contribution < -0.4 is 11.1 Å².